The van der Waals surface area contributed by atoms with Crippen LogP contribution in [0.25, 0.3) is 0 Å². The predicted molar refractivity (Wildman–Crippen MR) is 69.2 cm³/mol. The minimum absolute atomic E-state index is 0.00190. The molecule has 1 rings (SSSR count). The molecule has 0 aromatic carbocycles. The van der Waals surface area contributed by atoms with Gasteiger partial charge in [0.05, 0.1) is 19.3 Å². The fraction of sp³-hybridized carbons (Fsp3) is 0.909. The monoisotopic (exact) mass is 262 g/mol. The lowest BCUT2D eigenvalue weighted by molar-refractivity contribution is -0.122. The van der Waals surface area contributed by atoms with Crippen LogP contribution in [0.1, 0.15) is 12.8 Å². The molecule has 0 radical (unpaired) electrons. The minimum atomic E-state index is -0.00190. The van der Waals surface area contributed by atoms with E-state index in [4.69, 9.17) is 9.47 Å². The van der Waals surface area contributed by atoms with Crippen molar-refractivity contribution in [1.29, 1.82) is 0 Å². The summed E-state index contributed by atoms with van der Waals surface area (Å²) < 4.78 is 10.2. The van der Waals surface area contributed by atoms with Crippen LogP contribution >= 0.6 is 11.8 Å². The maximum Gasteiger partial charge on any atom is 0.238 e. The molecule has 1 unspecified atom stereocenters. The molecule has 1 fully saturated rings. The van der Waals surface area contributed by atoms with Crippen LogP contribution in [0.15, 0.2) is 0 Å². The summed E-state index contributed by atoms with van der Waals surface area (Å²) in [5.74, 6) is 1.88. The molecule has 1 aliphatic rings. The molecule has 5 nitrogen and oxygen atoms in total. The zero-order valence-corrected chi connectivity index (χ0v) is 11.2. The SMILES string of the molecule is COCCOCCCCNC(=O)C1CSCN1. The number of amides is 1. The number of methoxy groups -OCH3 is 1. The largest absolute Gasteiger partial charge is 0.382 e. The Labute approximate surface area is 107 Å². The number of rotatable bonds is 9. The molecule has 0 spiro atoms. The van der Waals surface area contributed by atoms with Crippen molar-refractivity contribution in [2.24, 2.45) is 0 Å². The summed E-state index contributed by atoms with van der Waals surface area (Å²) in [6.45, 7) is 2.75. The van der Waals surface area contributed by atoms with E-state index in [-0.39, 0.29) is 11.9 Å². The summed E-state index contributed by atoms with van der Waals surface area (Å²) >= 11 is 1.76. The highest BCUT2D eigenvalue weighted by Gasteiger charge is 2.21. The van der Waals surface area contributed by atoms with Gasteiger partial charge in [-0.1, -0.05) is 0 Å². The van der Waals surface area contributed by atoms with Crippen LogP contribution in [0.4, 0.5) is 0 Å². The van der Waals surface area contributed by atoms with Gasteiger partial charge >= 0.3 is 0 Å². The van der Waals surface area contributed by atoms with Crippen LogP contribution in [0.3, 0.4) is 0 Å². The van der Waals surface area contributed by atoms with Gasteiger partial charge in [0.15, 0.2) is 0 Å². The molecule has 100 valence electrons. The first-order valence-corrected chi connectivity index (χ1v) is 7.15. The van der Waals surface area contributed by atoms with Gasteiger partial charge < -0.3 is 14.8 Å². The molecule has 6 heteroatoms. The Morgan fingerprint density at radius 2 is 2.29 bits per heavy atom. The fourth-order valence-corrected chi connectivity index (χ4v) is 2.41. The number of hydrogen-bond acceptors (Lipinski definition) is 5. The van der Waals surface area contributed by atoms with E-state index in [1.54, 1.807) is 18.9 Å². The number of thioether (sulfide) groups is 1. The number of nitrogens with one attached hydrogen (secondary N) is 2. The van der Waals surface area contributed by atoms with Crippen molar-refractivity contribution in [2.75, 3.05) is 45.1 Å². The predicted octanol–water partition coefficient (Wildman–Crippen LogP) is 0.208. The van der Waals surface area contributed by atoms with Gasteiger partial charge in [0.2, 0.25) is 5.91 Å². The van der Waals surface area contributed by atoms with E-state index in [0.29, 0.717) is 13.2 Å². The summed E-state index contributed by atoms with van der Waals surface area (Å²) in [5, 5.41) is 6.08. The Hall–Kier alpha value is -0.300. The molecule has 1 amide bonds. The highest BCUT2D eigenvalue weighted by atomic mass is 32.2. The second-order valence-corrected chi connectivity index (χ2v) is 4.91. The van der Waals surface area contributed by atoms with Crippen molar-refractivity contribution >= 4 is 17.7 Å². The number of hydrogen-bond donors (Lipinski definition) is 2. The number of carbonyl (C=O) groups is 1. The van der Waals surface area contributed by atoms with Gasteiger partial charge in [0, 0.05) is 31.9 Å². The van der Waals surface area contributed by atoms with Crippen molar-refractivity contribution in [2.45, 2.75) is 18.9 Å². The quantitative estimate of drug-likeness (QED) is 0.582. The van der Waals surface area contributed by atoms with Gasteiger partial charge in [-0.05, 0) is 12.8 Å². The Kier molecular flexibility index (Phi) is 8.42. The second kappa shape index (κ2) is 9.70. The van der Waals surface area contributed by atoms with Crippen molar-refractivity contribution in [3.8, 4) is 0 Å². The summed E-state index contributed by atoms with van der Waals surface area (Å²) in [4.78, 5) is 11.6. The molecule has 2 N–H and O–H groups in total. The molecule has 0 aromatic heterocycles. The molecule has 0 aliphatic carbocycles. The van der Waals surface area contributed by atoms with Crippen molar-refractivity contribution in [3.63, 3.8) is 0 Å². The molecule has 0 bridgehead atoms. The topological polar surface area (TPSA) is 59.6 Å². The van der Waals surface area contributed by atoms with E-state index in [1.165, 1.54) is 0 Å². The van der Waals surface area contributed by atoms with Crippen LogP contribution in [0, 0.1) is 0 Å². The van der Waals surface area contributed by atoms with Crippen LogP contribution in [-0.4, -0.2) is 57.1 Å². The van der Waals surface area contributed by atoms with Crippen LogP contribution < -0.4 is 10.6 Å². The third kappa shape index (κ3) is 6.88. The average molecular weight is 262 g/mol. The molecule has 1 heterocycles. The zero-order valence-electron chi connectivity index (χ0n) is 10.4. The van der Waals surface area contributed by atoms with Crippen molar-refractivity contribution in [1.82, 2.24) is 10.6 Å². The maximum absolute atomic E-state index is 11.6. The van der Waals surface area contributed by atoms with Gasteiger partial charge in [0.1, 0.15) is 0 Å². The highest BCUT2D eigenvalue weighted by Crippen LogP contribution is 2.09. The smallest absolute Gasteiger partial charge is 0.238 e. The van der Waals surface area contributed by atoms with E-state index in [2.05, 4.69) is 10.6 Å². The second-order valence-electron chi connectivity index (χ2n) is 3.88. The van der Waals surface area contributed by atoms with Crippen LogP contribution in [0.2, 0.25) is 0 Å². The lowest BCUT2D eigenvalue weighted by Gasteiger charge is -2.10. The first-order valence-electron chi connectivity index (χ1n) is 6.00. The molecule has 1 saturated heterocycles. The Morgan fingerprint density at radius 1 is 1.41 bits per heavy atom. The standard InChI is InChI=1S/C11H22N2O3S/c1-15-6-7-16-5-3-2-4-12-11(14)10-8-17-9-13-10/h10,13H,2-9H2,1H3,(H,12,14). The fourth-order valence-electron chi connectivity index (χ4n) is 1.47. The molecular formula is C11H22N2O3S. The van der Waals surface area contributed by atoms with E-state index < -0.39 is 0 Å². The van der Waals surface area contributed by atoms with E-state index in [9.17, 15) is 4.79 Å². The molecule has 0 saturated carbocycles. The summed E-state index contributed by atoms with van der Waals surface area (Å²) in [5.41, 5.74) is 0. The molecule has 17 heavy (non-hydrogen) atoms. The van der Waals surface area contributed by atoms with Crippen LogP contribution in [-0.2, 0) is 14.3 Å². The van der Waals surface area contributed by atoms with E-state index >= 15 is 0 Å². The molecule has 1 aliphatic heterocycles. The van der Waals surface area contributed by atoms with E-state index in [0.717, 1.165) is 37.6 Å². The van der Waals surface area contributed by atoms with Crippen molar-refractivity contribution < 1.29 is 14.3 Å². The Morgan fingerprint density at radius 3 is 3.00 bits per heavy atom. The normalized spacial score (nSPS) is 19.5. The number of ether oxygens (including phenoxy) is 2. The van der Waals surface area contributed by atoms with Crippen LogP contribution in [0.5, 0.6) is 0 Å². The third-order valence-electron chi connectivity index (χ3n) is 2.48. The first kappa shape index (κ1) is 14.8. The molecule has 0 aromatic rings. The third-order valence-corrected chi connectivity index (χ3v) is 3.42. The molecule has 1 atom stereocenters. The number of unbranched alkanes of at least 4 members (excludes halogenated alkanes) is 1. The van der Waals surface area contributed by atoms with Gasteiger partial charge in [-0.15, -0.1) is 11.8 Å². The zero-order chi connectivity index (χ0) is 12.3. The van der Waals surface area contributed by atoms with Crippen molar-refractivity contribution in [3.05, 3.63) is 0 Å². The minimum Gasteiger partial charge on any atom is -0.382 e. The van der Waals surface area contributed by atoms with E-state index in [1.807, 2.05) is 0 Å². The Balaban J connectivity index is 1.85. The summed E-state index contributed by atoms with van der Waals surface area (Å²) in [6, 6.07) is -0.00190. The lowest BCUT2D eigenvalue weighted by Crippen LogP contribution is -2.42. The molecular weight excluding hydrogens is 240 g/mol. The number of carbonyl (C=O) groups excluding carboxylic acids is 1. The summed E-state index contributed by atoms with van der Waals surface area (Å²) in [7, 11) is 1.66. The average Bonchev–Trinajstić information content (AvgIpc) is 2.86. The first-order chi connectivity index (χ1) is 8.34. The lowest BCUT2D eigenvalue weighted by atomic mass is 10.3. The van der Waals surface area contributed by atoms with Gasteiger partial charge in [-0.3, -0.25) is 10.1 Å². The Bertz CT molecular complexity index is 211. The van der Waals surface area contributed by atoms with Gasteiger partial charge in [-0.25, -0.2) is 0 Å². The highest BCUT2D eigenvalue weighted by molar-refractivity contribution is 7.99. The van der Waals surface area contributed by atoms with Gasteiger partial charge in [-0.2, -0.15) is 0 Å². The summed E-state index contributed by atoms with van der Waals surface area (Å²) in [6.07, 6.45) is 1.93. The maximum atomic E-state index is 11.6. The van der Waals surface area contributed by atoms with Gasteiger partial charge in [0.25, 0.3) is 0 Å².